The molecule has 0 aliphatic carbocycles. The largest absolute Gasteiger partial charge is 0.452 e. The molecule has 0 saturated carbocycles. The molecule has 1 N–H and O–H groups in total. The van der Waals surface area contributed by atoms with Crippen LogP contribution in [0.25, 0.3) is 0 Å². The Kier molecular flexibility index (Phi) is 8.38. The molecule has 3 aromatic rings. The minimum absolute atomic E-state index is 0.0981. The Morgan fingerprint density at radius 3 is 2.47 bits per heavy atom. The van der Waals surface area contributed by atoms with Gasteiger partial charge in [0.1, 0.15) is 6.33 Å². The first-order valence-corrected chi connectivity index (χ1v) is 13.8. The summed E-state index contributed by atoms with van der Waals surface area (Å²) < 4.78 is 33.5. The lowest BCUT2D eigenvalue weighted by Crippen LogP contribution is -2.35. The smallest absolute Gasteiger partial charge is 0.338 e. The van der Waals surface area contributed by atoms with Crippen LogP contribution in [0.5, 0.6) is 0 Å². The number of hydrogen-bond acceptors (Lipinski definition) is 10. The predicted octanol–water partition coefficient (Wildman–Crippen LogP) is 2.84. The summed E-state index contributed by atoms with van der Waals surface area (Å²) in [5, 5.41) is 22.1. The molecule has 0 bridgehead atoms. The van der Waals surface area contributed by atoms with E-state index in [4.69, 9.17) is 4.74 Å². The number of ether oxygens (including phenoxy) is 1. The van der Waals surface area contributed by atoms with E-state index in [0.29, 0.717) is 23.9 Å². The molecule has 0 spiro atoms. The number of aromatic nitrogens is 3. The van der Waals surface area contributed by atoms with E-state index < -0.39 is 33.4 Å². The number of carbonyl (C=O) groups excluding carboxylic acids is 2. The number of benzene rings is 2. The lowest BCUT2D eigenvalue weighted by Gasteiger charge is -2.25. The first-order valence-electron chi connectivity index (χ1n) is 11.5. The number of nitro benzene ring substituents is 1. The average molecular weight is 561 g/mol. The number of piperidine rings is 1. The van der Waals surface area contributed by atoms with Crippen LogP contribution >= 0.6 is 11.8 Å². The number of nitro groups is 1. The summed E-state index contributed by atoms with van der Waals surface area (Å²) in [7, 11) is -1.90. The molecular weight excluding hydrogens is 536 g/mol. The maximum absolute atomic E-state index is 12.7. The number of anilines is 1. The van der Waals surface area contributed by atoms with E-state index in [1.165, 1.54) is 47.0 Å². The van der Waals surface area contributed by atoms with E-state index in [1.807, 2.05) is 0 Å². The number of aryl methyl sites for hydroxylation is 1. The minimum Gasteiger partial charge on any atom is -0.452 e. The number of hydrogen-bond donors (Lipinski definition) is 1. The molecule has 4 rings (SSSR count). The Balaban J connectivity index is 1.34. The third kappa shape index (κ3) is 6.35. The standard InChI is InChI=1S/C23H24N6O7S2/c1-27-15-24-26-23(27)37-20-10-5-16(13-19(20)29(32)33)22(31)36-14-21(30)25-17-6-8-18(9-7-17)38(34,35)28-11-3-2-4-12-28/h5-10,13,15H,2-4,11-12,14H2,1H3,(H,25,30). The van der Waals surface area contributed by atoms with Crippen molar-refractivity contribution in [1.29, 1.82) is 0 Å². The Morgan fingerprint density at radius 2 is 1.84 bits per heavy atom. The van der Waals surface area contributed by atoms with E-state index in [1.54, 1.807) is 11.6 Å². The highest BCUT2D eigenvalue weighted by Gasteiger charge is 2.26. The molecule has 2 heterocycles. The second kappa shape index (κ2) is 11.7. The highest BCUT2D eigenvalue weighted by molar-refractivity contribution is 7.99. The Labute approximate surface area is 222 Å². The molecule has 38 heavy (non-hydrogen) atoms. The first kappa shape index (κ1) is 27.2. The third-order valence-electron chi connectivity index (χ3n) is 5.69. The van der Waals surface area contributed by atoms with Gasteiger partial charge < -0.3 is 14.6 Å². The second-order valence-corrected chi connectivity index (χ2v) is 11.3. The van der Waals surface area contributed by atoms with Crippen molar-refractivity contribution in [3.05, 3.63) is 64.5 Å². The van der Waals surface area contributed by atoms with E-state index >= 15 is 0 Å². The van der Waals surface area contributed by atoms with Crippen molar-refractivity contribution >= 4 is 45.0 Å². The van der Waals surface area contributed by atoms with Crippen molar-refractivity contribution in [2.24, 2.45) is 7.05 Å². The van der Waals surface area contributed by atoms with Crippen LogP contribution in [0.15, 0.2) is 63.7 Å². The Bertz CT molecular complexity index is 1450. The Morgan fingerprint density at radius 1 is 1.13 bits per heavy atom. The molecule has 0 radical (unpaired) electrons. The highest BCUT2D eigenvalue weighted by Crippen LogP contribution is 2.34. The fourth-order valence-corrected chi connectivity index (χ4v) is 6.08. The van der Waals surface area contributed by atoms with Crippen molar-refractivity contribution in [3.63, 3.8) is 0 Å². The van der Waals surface area contributed by atoms with Crippen LogP contribution in [-0.2, 0) is 26.6 Å². The minimum atomic E-state index is -3.60. The van der Waals surface area contributed by atoms with Gasteiger partial charge in [-0.25, -0.2) is 13.2 Å². The van der Waals surface area contributed by atoms with Gasteiger partial charge in [-0.1, -0.05) is 6.42 Å². The van der Waals surface area contributed by atoms with Gasteiger partial charge in [-0.15, -0.1) is 10.2 Å². The van der Waals surface area contributed by atoms with Gasteiger partial charge in [0.15, 0.2) is 11.8 Å². The first-order chi connectivity index (χ1) is 18.1. The summed E-state index contributed by atoms with van der Waals surface area (Å²) in [5.74, 6) is -1.57. The van der Waals surface area contributed by atoms with E-state index in [2.05, 4.69) is 15.5 Å². The van der Waals surface area contributed by atoms with Gasteiger partial charge in [0.05, 0.1) is 20.3 Å². The summed E-state index contributed by atoms with van der Waals surface area (Å²) in [4.78, 5) is 36.0. The summed E-state index contributed by atoms with van der Waals surface area (Å²) >= 11 is 1.02. The molecule has 15 heteroatoms. The maximum atomic E-state index is 12.7. The monoisotopic (exact) mass is 560 g/mol. The number of nitrogens with zero attached hydrogens (tertiary/aromatic N) is 5. The van der Waals surface area contributed by atoms with E-state index in [9.17, 15) is 28.1 Å². The highest BCUT2D eigenvalue weighted by atomic mass is 32.2. The fourth-order valence-electron chi connectivity index (χ4n) is 3.71. The summed E-state index contributed by atoms with van der Waals surface area (Å²) in [5.41, 5.74) is -0.0972. The third-order valence-corrected chi connectivity index (χ3v) is 8.72. The van der Waals surface area contributed by atoms with Gasteiger partial charge in [-0.2, -0.15) is 4.31 Å². The van der Waals surface area contributed by atoms with Crippen molar-refractivity contribution < 1.29 is 27.7 Å². The molecule has 0 unspecified atom stereocenters. The summed E-state index contributed by atoms with van der Waals surface area (Å²) in [6.45, 7) is 0.326. The molecule has 200 valence electrons. The summed E-state index contributed by atoms with van der Waals surface area (Å²) in [6, 6.07) is 9.54. The van der Waals surface area contributed by atoms with Crippen molar-refractivity contribution in [2.45, 2.75) is 34.2 Å². The number of nitrogens with one attached hydrogen (secondary N) is 1. The fraction of sp³-hybridized carbons (Fsp3) is 0.304. The normalized spacial score (nSPS) is 14.1. The number of amides is 1. The van der Waals surface area contributed by atoms with Gasteiger partial charge in [-0.3, -0.25) is 14.9 Å². The number of sulfonamides is 1. The zero-order chi connectivity index (χ0) is 27.3. The molecule has 1 aromatic heterocycles. The molecule has 0 atom stereocenters. The predicted molar refractivity (Wildman–Crippen MR) is 136 cm³/mol. The van der Waals surface area contributed by atoms with Crippen LogP contribution in [0.4, 0.5) is 11.4 Å². The van der Waals surface area contributed by atoms with Crippen molar-refractivity contribution in [1.82, 2.24) is 19.1 Å². The van der Waals surface area contributed by atoms with Gasteiger partial charge in [0.25, 0.3) is 11.6 Å². The molecule has 1 aliphatic heterocycles. The Hall–Kier alpha value is -3.82. The van der Waals surface area contributed by atoms with Gasteiger partial charge in [0.2, 0.25) is 10.0 Å². The molecule has 1 aliphatic rings. The lowest BCUT2D eigenvalue weighted by atomic mass is 10.2. The second-order valence-electron chi connectivity index (χ2n) is 8.38. The maximum Gasteiger partial charge on any atom is 0.338 e. The van der Waals surface area contributed by atoms with Crippen LogP contribution < -0.4 is 5.32 Å². The zero-order valence-corrected chi connectivity index (χ0v) is 21.9. The SMILES string of the molecule is Cn1cnnc1Sc1ccc(C(=O)OCC(=O)Nc2ccc(S(=O)(=O)N3CCCCC3)cc2)cc1[N+](=O)[O-]. The van der Waals surface area contributed by atoms with Crippen LogP contribution in [0, 0.1) is 10.1 Å². The molecule has 2 aromatic carbocycles. The molecule has 1 saturated heterocycles. The van der Waals surface area contributed by atoms with Crippen molar-refractivity contribution in [3.8, 4) is 0 Å². The van der Waals surface area contributed by atoms with Crippen LogP contribution in [-0.4, -0.2) is 64.0 Å². The van der Waals surface area contributed by atoms with E-state index in [-0.39, 0.29) is 21.0 Å². The van der Waals surface area contributed by atoms with Crippen LogP contribution in [0.2, 0.25) is 0 Å². The zero-order valence-electron chi connectivity index (χ0n) is 20.3. The molecule has 1 amide bonds. The molecule has 1 fully saturated rings. The quantitative estimate of drug-likeness (QED) is 0.233. The number of carbonyl (C=O) groups is 2. The molecule has 13 nitrogen and oxygen atoms in total. The topological polar surface area (TPSA) is 167 Å². The average Bonchev–Trinajstić information content (AvgIpc) is 3.32. The van der Waals surface area contributed by atoms with Crippen LogP contribution in [0.3, 0.4) is 0 Å². The van der Waals surface area contributed by atoms with Crippen molar-refractivity contribution in [2.75, 3.05) is 25.0 Å². The van der Waals surface area contributed by atoms with Gasteiger partial charge in [0, 0.05) is 31.9 Å². The van der Waals surface area contributed by atoms with Crippen LogP contribution in [0.1, 0.15) is 29.6 Å². The van der Waals surface area contributed by atoms with Gasteiger partial charge in [-0.05, 0) is 61.0 Å². The lowest BCUT2D eigenvalue weighted by molar-refractivity contribution is -0.387. The number of rotatable bonds is 9. The van der Waals surface area contributed by atoms with Gasteiger partial charge >= 0.3 is 5.97 Å². The molecular formula is C23H24N6O7S2. The number of esters is 1. The van der Waals surface area contributed by atoms with E-state index in [0.717, 1.165) is 37.1 Å². The summed E-state index contributed by atoms with van der Waals surface area (Å²) in [6.07, 6.45) is 4.11.